The van der Waals surface area contributed by atoms with Crippen LogP contribution in [0.1, 0.15) is 40.5 Å². The SMILES string of the molecule is CCC(C)C(N)C(=O)NC(CC(=O)O)C(=O)NC(C(=O)NC(C(=O)O)C(C)O)C(C)O. The summed E-state index contributed by atoms with van der Waals surface area (Å²) in [4.78, 5) is 59.4. The first-order valence-electron chi connectivity index (χ1n) is 9.70. The summed E-state index contributed by atoms with van der Waals surface area (Å²) in [5, 5.41) is 43.7. The van der Waals surface area contributed by atoms with Gasteiger partial charge in [0.2, 0.25) is 17.7 Å². The van der Waals surface area contributed by atoms with Gasteiger partial charge < -0.3 is 42.1 Å². The molecule has 0 radical (unpaired) electrons. The van der Waals surface area contributed by atoms with Gasteiger partial charge in [0.25, 0.3) is 0 Å². The Bertz CT molecular complexity index is 668. The fourth-order valence-corrected chi connectivity index (χ4v) is 2.45. The highest BCUT2D eigenvalue weighted by molar-refractivity contribution is 5.95. The highest BCUT2D eigenvalue weighted by Crippen LogP contribution is 2.07. The Hall–Kier alpha value is -2.77. The number of carboxylic acid groups (broad SMARTS) is 2. The van der Waals surface area contributed by atoms with E-state index in [-0.39, 0.29) is 5.92 Å². The van der Waals surface area contributed by atoms with Crippen molar-refractivity contribution in [3.05, 3.63) is 0 Å². The van der Waals surface area contributed by atoms with Gasteiger partial charge in [-0.05, 0) is 19.8 Å². The third-order valence-electron chi connectivity index (χ3n) is 4.68. The first-order chi connectivity index (χ1) is 14.2. The Balaban J connectivity index is 5.48. The zero-order valence-corrected chi connectivity index (χ0v) is 17.9. The minimum atomic E-state index is -1.71. The molecule has 178 valence electrons. The van der Waals surface area contributed by atoms with E-state index in [1.165, 1.54) is 0 Å². The maximum Gasteiger partial charge on any atom is 0.328 e. The molecule has 31 heavy (non-hydrogen) atoms. The molecule has 0 aromatic rings. The van der Waals surface area contributed by atoms with E-state index in [0.29, 0.717) is 6.42 Å². The molecule has 0 aliphatic rings. The van der Waals surface area contributed by atoms with Crippen molar-refractivity contribution in [1.82, 2.24) is 16.0 Å². The minimum Gasteiger partial charge on any atom is -0.481 e. The second-order valence-corrected chi connectivity index (χ2v) is 7.36. The quantitative estimate of drug-likeness (QED) is 0.144. The third kappa shape index (κ3) is 9.27. The van der Waals surface area contributed by atoms with E-state index >= 15 is 0 Å². The molecule has 0 aliphatic carbocycles. The number of carbonyl (C=O) groups is 5. The molecule has 0 fully saturated rings. The van der Waals surface area contributed by atoms with Gasteiger partial charge in [-0.15, -0.1) is 0 Å². The molecule has 13 nitrogen and oxygen atoms in total. The highest BCUT2D eigenvalue weighted by atomic mass is 16.4. The predicted octanol–water partition coefficient (Wildman–Crippen LogP) is -2.86. The van der Waals surface area contributed by atoms with Crippen LogP contribution in [-0.4, -0.2) is 86.5 Å². The summed E-state index contributed by atoms with van der Waals surface area (Å²) in [7, 11) is 0. The predicted molar refractivity (Wildman–Crippen MR) is 106 cm³/mol. The van der Waals surface area contributed by atoms with Gasteiger partial charge in [0, 0.05) is 0 Å². The number of amides is 3. The molecule has 0 saturated carbocycles. The zero-order chi connectivity index (χ0) is 24.5. The number of carbonyl (C=O) groups excluding carboxylic acids is 3. The highest BCUT2D eigenvalue weighted by Gasteiger charge is 2.34. The van der Waals surface area contributed by atoms with E-state index in [9.17, 15) is 34.2 Å². The largest absolute Gasteiger partial charge is 0.481 e. The molecule has 7 atom stereocenters. The number of nitrogens with one attached hydrogen (secondary N) is 3. The summed E-state index contributed by atoms with van der Waals surface area (Å²) >= 11 is 0. The van der Waals surface area contributed by atoms with Gasteiger partial charge in [-0.25, -0.2) is 4.79 Å². The maximum atomic E-state index is 12.6. The van der Waals surface area contributed by atoms with E-state index in [1.807, 2.05) is 5.32 Å². The third-order valence-corrected chi connectivity index (χ3v) is 4.68. The first-order valence-corrected chi connectivity index (χ1v) is 9.70. The van der Waals surface area contributed by atoms with Crippen LogP contribution in [0.5, 0.6) is 0 Å². The van der Waals surface area contributed by atoms with Crippen LogP contribution in [0.3, 0.4) is 0 Å². The van der Waals surface area contributed by atoms with Crippen molar-refractivity contribution in [1.29, 1.82) is 0 Å². The van der Waals surface area contributed by atoms with Crippen molar-refractivity contribution in [2.75, 3.05) is 0 Å². The van der Waals surface area contributed by atoms with Crippen molar-refractivity contribution >= 4 is 29.7 Å². The minimum absolute atomic E-state index is 0.252. The Morgan fingerprint density at radius 2 is 1.29 bits per heavy atom. The van der Waals surface area contributed by atoms with Crippen molar-refractivity contribution in [2.24, 2.45) is 11.7 Å². The molecule has 0 saturated heterocycles. The summed E-state index contributed by atoms with van der Waals surface area (Å²) in [6.07, 6.45) is -3.27. The molecule has 9 N–H and O–H groups in total. The van der Waals surface area contributed by atoms with Gasteiger partial charge in [-0.1, -0.05) is 20.3 Å². The Morgan fingerprint density at radius 3 is 1.68 bits per heavy atom. The van der Waals surface area contributed by atoms with Crippen LogP contribution in [0, 0.1) is 5.92 Å². The van der Waals surface area contributed by atoms with Crippen LogP contribution in [0.2, 0.25) is 0 Å². The average Bonchev–Trinajstić information content (AvgIpc) is 2.66. The van der Waals surface area contributed by atoms with E-state index in [4.69, 9.17) is 15.9 Å². The Morgan fingerprint density at radius 1 is 0.806 bits per heavy atom. The first kappa shape index (κ1) is 28.2. The molecule has 0 bridgehead atoms. The van der Waals surface area contributed by atoms with E-state index < -0.39 is 72.5 Å². The summed E-state index contributed by atoms with van der Waals surface area (Å²) in [6.45, 7) is 5.74. The summed E-state index contributed by atoms with van der Waals surface area (Å²) < 4.78 is 0. The lowest BCUT2D eigenvalue weighted by atomic mass is 9.99. The number of aliphatic carboxylic acids is 2. The average molecular weight is 448 g/mol. The molecule has 7 unspecified atom stereocenters. The molecule has 0 spiro atoms. The lowest BCUT2D eigenvalue weighted by molar-refractivity contribution is -0.146. The van der Waals surface area contributed by atoms with Crippen molar-refractivity contribution in [3.63, 3.8) is 0 Å². The fraction of sp³-hybridized carbons (Fsp3) is 0.722. The van der Waals surface area contributed by atoms with E-state index in [0.717, 1.165) is 13.8 Å². The van der Waals surface area contributed by atoms with Crippen LogP contribution in [0.25, 0.3) is 0 Å². The number of hydrogen-bond acceptors (Lipinski definition) is 8. The van der Waals surface area contributed by atoms with Gasteiger partial charge in [0.1, 0.15) is 12.1 Å². The second-order valence-electron chi connectivity index (χ2n) is 7.36. The number of aliphatic hydroxyl groups is 2. The van der Waals surface area contributed by atoms with Crippen LogP contribution < -0.4 is 21.7 Å². The normalized spacial score (nSPS) is 17.8. The van der Waals surface area contributed by atoms with Gasteiger partial charge >= 0.3 is 11.9 Å². The molecule has 0 aromatic carbocycles. The fourth-order valence-electron chi connectivity index (χ4n) is 2.45. The summed E-state index contributed by atoms with van der Waals surface area (Å²) in [6, 6.07) is -6.02. The van der Waals surface area contributed by atoms with Crippen LogP contribution in [-0.2, 0) is 24.0 Å². The number of hydrogen-bond donors (Lipinski definition) is 8. The number of nitrogens with two attached hydrogens (primary N) is 1. The molecular weight excluding hydrogens is 416 g/mol. The Kier molecular flexibility index (Phi) is 11.7. The molecule has 0 rings (SSSR count). The van der Waals surface area contributed by atoms with Crippen molar-refractivity contribution in [2.45, 2.75) is 76.9 Å². The lowest BCUT2D eigenvalue weighted by Gasteiger charge is -2.27. The number of aliphatic hydroxyl groups excluding tert-OH is 2. The van der Waals surface area contributed by atoms with E-state index in [2.05, 4.69) is 10.6 Å². The standard InChI is InChI=1S/C18H32N4O9/c1-5-7(2)12(19)16(28)20-10(6-11(25)26)15(27)21-13(8(3)23)17(29)22-14(9(4)24)18(30)31/h7-10,12-14,23-24H,5-6,19H2,1-4H3,(H,20,28)(H,21,27)(H,22,29)(H,25,26)(H,30,31). The molecule has 13 heteroatoms. The molecule has 0 heterocycles. The van der Waals surface area contributed by atoms with Crippen LogP contribution >= 0.6 is 0 Å². The topological polar surface area (TPSA) is 228 Å². The second kappa shape index (κ2) is 12.8. The molecule has 0 aromatic heterocycles. The number of rotatable bonds is 13. The molecular formula is C18H32N4O9. The number of carboxylic acids is 2. The Labute approximate surface area is 179 Å². The molecule has 3 amide bonds. The van der Waals surface area contributed by atoms with Crippen molar-refractivity contribution < 1.29 is 44.4 Å². The van der Waals surface area contributed by atoms with Crippen molar-refractivity contribution in [3.8, 4) is 0 Å². The maximum absolute atomic E-state index is 12.6. The van der Waals surface area contributed by atoms with Gasteiger partial charge in [-0.2, -0.15) is 0 Å². The van der Waals surface area contributed by atoms with Gasteiger partial charge in [0.15, 0.2) is 6.04 Å². The van der Waals surface area contributed by atoms with Crippen LogP contribution in [0.4, 0.5) is 0 Å². The summed E-state index contributed by atoms with van der Waals surface area (Å²) in [5.74, 6) is -6.22. The van der Waals surface area contributed by atoms with E-state index in [1.54, 1.807) is 13.8 Å². The van der Waals surface area contributed by atoms with Crippen LogP contribution in [0.15, 0.2) is 0 Å². The van der Waals surface area contributed by atoms with Gasteiger partial charge in [-0.3, -0.25) is 19.2 Å². The monoisotopic (exact) mass is 448 g/mol. The molecule has 0 aliphatic heterocycles. The van der Waals surface area contributed by atoms with Gasteiger partial charge in [0.05, 0.1) is 24.7 Å². The lowest BCUT2D eigenvalue weighted by Crippen LogP contribution is -2.61. The summed E-state index contributed by atoms with van der Waals surface area (Å²) in [5.41, 5.74) is 5.79. The zero-order valence-electron chi connectivity index (χ0n) is 17.9. The smallest absolute Gasteiger partial charge is 0.328 e.